The number of thiophene rings is 1. The summed E-state index contributed by atoms with van der Waals surface area (Å²) in [7, 11) is 0. The molecule has 200 valence electrons. The lowest BCUT2D eigenvalue weighted by atomic mass is 9.81. The van der Waals surface area contributed by atoms with Crippen LogP contribution in [-0.4, -0.2) is 41.4 Å². The van der Waals surface area contributed by atoms with Gasteiger partial charge in [0, 0.05) is 17.5 Å². The zero-order chi connectivity index (χ0) is 26.6. The molecule has 2 aliphatic rings. The first kappa shape index (κ1) is 27.3. The maximum Gasteiger partial charge on any atom is 0.397 e. The van der Waals surface area contributed by atoms with Crippen molar-refractivity contribution in [1.82, 2.24) is 4.90 Å². The zero-order valence-corrected chi connectivity index (χ0v) is 23.1. The molecule has 0 radical (unpaired) electrons. The van der Waals surface area contributed by atoms with E-state index in [1.54, 1.807) is 20.8 Å². The molecule has 1 N–H and O–H groups in total. The molecule has 0 aliphatic carbocycles. The van der Waals surface area contributed by atoms with Gasteiger partial charge in [0.15, 0.2) is 0 Å². The van der Waals surface area contributed by atoms with Crippen LogP contribution < -0.4 is 5.32 Å². The van der Waals surface area contributed by atoms with E-state index in [0.29, 0.717) is 10.6 Å². The fraction of sp³-hybridized carbons (Fsp3) is 0.552. The molecule has 7 nitrogen and oxygen atoms in total. The lowest BCUT2D eigenvalue weighted by molar-refractivity contribution is -0.161. The first-order valence-corrected chi connectivity index (χ1v) is 14.2. The normalized spacial score (nSPS) is 20.6. The van der Waals surface area contributed by atoms with Gasteiger partial charge in [-0.3, -0.25) is 9.69 Å². The van der Waals surface area contributed by atoms with E-state index in [9.17, 15) is 14.4 Å². The summed E-state index contributed by atoms with van der Waals surface area (Å²) in [6.07, 6.45) is 6.46. The van der Waals surface area contributed by atoms with Gasteiger partial charge in [0.2, 0.25) is 0 Å². The number of carbonyl (C=O) groups excluding carboxylic acids is 3. The Balaban J connectivity index is 1.68. The summed E-state index contributed by atoms with van der Waals surface area (Å²) in [5, 5.41) is 3.11. The van der Waals surface area contributed by atoms with Crippen molar-refractivity contribution in [3.05, 3.63) is 51.9 Å². The number of hydrogen-bond acceptors (Lipinski definition) is 7. The molecule has 3 atom stereocenters. The highest BCUT2D eigenvalue weighted by atomic mass is 32.1. The number of piperidine rings is 1. The molecule has 2 aliphatic heterocycles. The quantitative estimate of drug-likeness (QED) is 0.250. The van der Waals surface area contributed by atoms with Gasteiger partial charge in [-0.1, -0.05) is 56.5 Å². The third kappa shape index (κ3) is 6.60. The van der Waals surface area contributed by atoms with Gasteiger partial charge in [-0.25, -0.2) is 9.59 Å². The third-order valence-electron chi connectivity index (χ3n) is 6.89. The second kappa shape index (κ2) is 11.8. The number of nitrogens with zero attached hydrogens (tertiary/aromatic N) is 1. The molecular formula is C29H38N2O5S. The predicted octanol–water partition coefficient (Wildman–Crippen LogP) is 6.20. The molecule has 1 saturated heterocycles. The van der Waals surface area contributed by atoms with Crippen molar-refractivity contribution < 1.29 is 23.9 Å². The standard InChI is InChI=1S/C29H38N2O5S/c1-5-6-8-15-21-24-22(20-14-11-16-31(21)17-20)23(27(33)35-18-19-12-9-7-10-13-19)26(37-24)30-25(32)28(34)36-29(2,3)4/h7,9-10,12-13,20-21H,5-6,8,11,14-18H2,1-4H3,(H,30,32). The summed E-state index contributed by atoms with van der Waals surface area (Å²) < 4.78 is 11.0. The Hall–Kier alpha value is -2.71. The fourth-order valence-corrected chi connectivity index (χ4v) is 6.71. The van der Waals surface area contributed by atoms with Crippen LogP contribution in [0.4, 0.5) is 5.00 Å². The molecule has 3 heterocycles. The predicted molar refractivity (Wildman–Crippen MR) is 145 cm³/mol. The minimum absolute atomic E-state index is 0.139. The molecule has 2 bridgehead atoms. The average molecular weight is 527 g/mol. The van der Waals surface area contributed by atoms with Crippen LogP contribution in [0.2, 0.25) is 0 Å². The number of ether oxygens (including phenoxy) is 2. The van der Waals surface area contributed by atoms with E-state index in [-0.39, 0.29) is 18.6 Å². The number of carbonyl (C=O) groups is 3. The Morgan fingerprint density at radius 3 is 2.59 bits per heavy atom. The minimum Gasteiger partial charge on any atom is -0.457 e. The van der Waals surface area contributed by atoms with Crippen LogP contribution in [0.3, 0.4) is 0 Å². The lowest BCUT2D eigenvalue weighted by Crippen LogP contribution is -2.41. The number of anilines is 1. The Morgan fingerprint density at radius 2 is 1.89 bits per heavy atom. The van der Waals surface area contributed by atoms with Crippen molar-refractivity contribution in [2.75, 3.05) is 18.4 Å². The molecule has 0 spiro atoms. The first-order valence-electron chi connectivity index (χ1n) is 13.3. The highest BCUT2D eigenvalue weighted by Crippen LogP contribution is 2.51. The minimum atomic E-state index is -0.968. The smallest absolute Gasteiger partial charge is 0.397 e. The van der Waals surface area contributed by atoms with Crippen molar-refractivity contribution in [3.63, 3.8) is 0 Å². The molecule has 4 rings (SSSR count). The summed E-state index contributed by atoms with van der Waals surface area (Å²) in [5.41, 5.74) is 1.50. The summed E-state index contributed by atoms with van der Waals surface area (Å²) in [6, 6.07) is 9.74. The van der Waals surface area contributed by atoms with E-state index in [1.165, 1.54) is 11.3 Å². The molecule has 37 heavy (non-hydrogen) atoms. The van der Waals surface area contributed by atoms with Crippen molar-refractivity contribution in [2.24, 2.45) is 0 Å². The molecule has 1 amide bonds. The van der Waals surface area contributed by atoms with Gasteiger partial charge in [0.05, 0.1) is 5.56 Å². The van der Waals surface area contributed by atoms with Crippen LogP contribution in [0.1, 0.15) is 105 Å². The van der Waals surface area contributed by atoms with Crippen LogP contribution in [0, 0.1) is 0 Å². The van der Waals surface area contributed by atoms with Crippen LogP contribution in [-0.2, 0) is 25.7 Å². The van der Waals surface area contributed by atoms with E-state index in [4.69, 9.17) is 9.47 Å². The largest absolute Gasteiger partial charge is 0.457 e. The second-order valence-corrected chi connectivity index (χ2v) is 12.0. The Labute approximate surface area is 223 Å². The lowest BCUT2D eigenvalue weighted by Gasteiger charge is -2.43. The molecule has 1 aromatic carbocycles. The van der Waals surface area contributed by atoms with Crippen LogP contribution in [0.15, 0.2) is 30.3 Å². The summed E-state index contributed by atoms with van der Waals surface area (Å²) in [6.45, 7) is 9.41. The monoisotopic (exact) mass is 526 g/mol. The van der Waals surface area contributed by atoms with E-state index >= 15 is 0 Å². The number of amides is 1. The maximum absolute atomic E-state index is 13.6. The number of esters is 2. The van der Waals surface area contributed by atoms with E-state index in [2.05, 4.69) is 17.1 Å². The average Bonchev–Trinajstić information content (AvgIpc) is 3.23. The Kier molecular flexibility index (Phi) is 8.70. The van der Waals surface area contributed by atoms with Gasteiger partial charge in [-0.2, -0.15) is 0 Å². The van der Waals surface area contributed by atoms with E-state index in [1.807, 2.05) is 30.3 Å². The molecular weight excluding hydrogens is 488 g/mol. The number of fused-ring (bicyclic) bond motifs is 4. The van der Waals surface area contributed by atoms with Crippen LogP contribution >= 0.6 is 11.3 Å². The van der Waals surface area contributed by atoms with Crippen molar-refractivity contribution >= 4 is 34.2 Å². The summed E-state index contributed by atoms with van der Waals surface area (Å²) >= 11 is 1.42. The maximum atomic E-state index is 13.6. The molecule has 2 aromatic rings. The molecule has 8 heteroatoms. The van der Waals surface area contributed by atoms with E-state index < -0.39 is 23.4 Å². The number of nitrogens with one attached hydrogen (secondary N) is 1. The number of benzene rings is 1. The first-order chi connectivity index (χ1) is 17.7. The van der Waals surface area contributed by atoms with Gasteiger partial charge in [-0.15, -0.1) is 11.3 Å². The van der Waals surface area contributed by atoms with Crippen molar-refractivity contribution in [1.29, 1.82) is 0 Å². The van der Waals surface area contributed by atoms with E-state index in [0.717, 1.165) is 67.6 Å². The van der Waals surface area contributed by atoms with Gasteiger partial charge in [0.25, 0.3) is 0 Å². The van der Waals surface area contributed by atoms with Gasteiger partial charge < -0.3 is 14.8 Å². The topological polar surface area (TPSA) is 84.9 Å². The van der Waals surface area contributed by atoms with Crippen molar-refractivity contribution in [2.45, 2.75) is 90.4 Å². The molecule has 1 fully saturated rings. The van der Waals surface area contributed by atoms with Gasteiger partial charge in [-0.05, 0) is 63.6 Å². The van der Waals surface area contributed by atoms with Crippen LogP contribution in [0.25, 0.3) is 0 Å². The highest BCUT2D eigenvalue weighted by molar-refractivity contribution is 7.17. The molecule has 1 aromatic heterocycles. The Morgan fingerprint density at radius 1 is 1.14 bits per heavy atom. The summed E-state index contributed by atoms with van der Waals surface area (Å²) in [4.78, 5) is 42.5. The number of hydrogen-bond donors (Lipinski definition) is 1. The van der Waals surface area contributed by atoms with Crippen LogP contribution in [0.5, 0.6) is 0 Å². The number of rotatable bonds is 8. The zero-order valence-electron chi connectivity index (χ0n) is 22.3. The third-order valence-corrected chi connectivity index (χ3v) is 8.11. The molecule has 0 saturated carbocycles. The van der Waals surface area contributed by atoms with Gasteiger partial charge >= 0.3 is 17.8 Å². The fourth-order valence-electron chi connectivity index (χ4n) is 5.27. The SMILES string of the molecule is CCCCCC1c2sc(NC(=O)C(=O)OC(C)(C)C)c(C(=O)OCc3ccccc3)c2C2CCCN1C2. The van der Waals surface area contributed by atoms with Gasteiger partial charge in [0.1, 0.15) is 17.2 Å². The molecule has 3 unspecified atom stereocenters. The number of unbranched alkanes of at least 4 members (excludes halogenated alkanes) is 2. The summed E-state index contributed by atoms with van der Waals surface area (Å²) in [5.74, 6) is -2.11. The van der Waals surface area contributed by atoms with Crippen molar-refractivity contribution in [3.8, 4) is 0 Å². The second-order valence-electron chi connectivity index (χ2n) is 10.9. The highest BCUT2D eigenvalue weighted by Gasteiger charge is 2.42. The Bertz CT molecular complexity index is 1120.